The molecule has 3 unspecified atom stereocenters. The Labute approximate surface area is 183 Å². The van der Waals surface area contributed by atoms with Crippen molar-refractivity contribution in [2.45, 2.75) is 55.3 Å². The molecule has 2 aromatic carbocycles. The van der Waals surface area contributed by atoms with Crippen molar-refractivity contribution >= 4 is 5.78 Å². The van der Waals surface area contributed by atoms with Gasteiger partial charge in [0.1, 0.15) is 11.6 Å². The predicted octanol–water partition coefficient (Wildman–Crippen LogP) is 3.16. The molecule has 6 rings (SSSR count). The Kier molecular flexibility index (Phi) is 3.95. The number of Topliss-reactive ketones (excluding diaryl/α,β-unsaturated/α-hetero) is 1. The minimum Gasteiger partial charge on any atom is -0.504 e. The van der Waals surface area contributed by atoms with E-state index in [0.717, 1.165) is 48.8 Å². The van der Waals surface area contributed by atoms with E-state index in [9.17, 15) is 9.90 Å². The second kappa shape index (κ2) is 6.33. The topological polar surface area (TPSA) is 55.8 Å². The molecule has 1 N–H and O–H groups in total. The number of carbonyl (C=O) groups is 1. The van der Waals surface area contributed by atoms with E-state index in [1.807, 2.05) is 13.2 Å². The highest BCUT2D eigenvalue weighted by atomic mass is 16.5. The van der Waals surface area contributed by atoms with E-state index in [1.54, 1.807) is 6.07 Å². The van der Waals surface area contributed by atoms with Crippen LogP contribution in [0.1, 0.15) is 36.0 Å². The molecule has 5 nitrogen and oxygen atoms in total. The van der Waals surface area contributed by atoms with Gasteiger partial charge >= 0.3 is 0 Å². The molecule has 2 fully saturated rings. The summed E-state index contributed by atoms with van der Waals surface area (Å²) in [6.45, 7) is 2.01. The van der Waals surface area contributed by atoms with Crippen LogP contribution in [0.4, 0.5) is 0 Å². The van der Waals surface area contributed by atoms with Gasteiger partial charge in [-0.2, -0.15) is 0 Å². The number of ether oxygens (including phenoxy) is 2. The molecule has 1 saturated carbocycles. The number of carbonyl (C=O) groups excluding carboxylic acids is 1. The molecule has 2 bridgehead atoms. The number of hydrogen-bond donors (Lipinski definition) is 1. The van der Waals surface area contributed by atoms with Gasteiger partial charge in [-0.1, -0.05) is 36.4 Å². The van der Waals surface area contributed by atoms with Crippen molar-refractivity contribution < 1.29 is 23.9 Å². The molecule has 5 heteroatoms. The standard InChI is InChI=1S/C26H29NO4/c1-27(14-11-17-6-4-3-5-7-17)15-13-25-22-18-8-9-19(28)23(22)31-24(25)20(29)10-12-26(25,30-2)21(27)16-18/h3-9,21,24H,10-16H2,1-2H3/p+1/t21?,24?,25-,26?,27-/m0/s1. The van der Waals surface area contributed by atoms with Crippen LogP contribution < -0.4 is 4.74 Å². The number of piperidine rings is 1. The van der Waals surface area contributed by atoms with Crippen LogP contribution in [0.5, 0.6) is 11.5 Å². The molecule has 2 heterocycles. The van der Waals surface area contributed by atoms with E-state index in [-0.39, 0.29) is 17.6 Å². The summed E-state index contributed by atoms with van der Waals surface area (Å²) in [6.07, 6.45) is 3.39. The summed E-state index contributed by atoms with van der Waals surface area (Å²) in [6, 6.07) is 14.7. The molecular formula is C26H30NO4+. The third-order valence-corrected chi connectivity index (χ3v) is 8.98. The zero-order valence-corrected chi connectivity index (χ0v) is 18.3. The number of benzene rings is 2. The largest absolute Gasteiger partial charge is 0.504 e. The van der Waals surface area contributed by atoms with Gasteiger partial charge in [-0.3, -0.25) is 4.79 Å². The fourth-order valence-corrected chi connectivity index (χ4v) is 7.51. The minimum absolute atomic E-state index is 0.144. The molecular weight excluding hydrogens is 390 g/mol. The van der Waals surface area contributed by atoms with E-state index >= 15 is 0 Å². The van der Waals surface area contributed by atoms with E-state index in [0.29, 0.717) is 12.2 Å². The Balaban J connectivity index is 1.49. The third kappa shape index (κ3) is 2.26. The number of likely N-dealkylation sites (N-methyl/N-ethyl adjacent to an activating group) is 1. The summed E-state index contributed by atoms with van der Waals surface area (Å²) < 4.78 is 13.7. The summed E-state index contributed by atoms with van der Waals surface area (Å²) in [5.41, 5.74) is 2.68. The first-order valence-electron chi connectivity index (χ1n) is 11.4. The summed E-state index contributed by atoms with van der Waals surface area (Å²) in [7, 11) is 4.19. The number of phenolic OH excluding ortho intramolecular Hbond substituents is 1. The Morgan fingerprint density at radius 3 is 2.77 bits per heavy atom. The minimum atomic E-state index is -0.547. The number of phenols is 1. The van der Waals surface area contributed by atoms with Gasteiger partial charge in [-0.25, -0.2) is 0 Å². The number of aromatic hydroxyl groups is 1. The molecule has 1 spiro atoms. The fraction of sp³-hybridized carbons (Fsp3) is 0.500. The zero-order valence-electron chi connectivity index (χ0n) is 18.3. The lowest BCUT2D eigenvalue weighted by Crippen LogP contribution is -2.81. The van der Waals surface area contributed by atoms with Crippen molar-refractivity contribution in [3.8, 4) is 11.5 Å². The fourth-order valence-electron chi connectivity index (χ4n) is 7.51. The summed E-state index contributed by atoms with van der Waals surface area (Å²) >= 11 is 0. The molecule has 5 atom stereocenters. The monoisotopic (exact) mass is 420 g/mol. The lowest BCUT2D eigenvalue weighted by atomic mass is 9.48. The Bertz CT molecular complexity index is 1070. The lowest BCUT2D eigenvalue weighted by Gasteiger charge is -2.65. The van der Waals surface area contributed by atoms with Crippen molar-refractivity contribution in [3.05, 3.63) is 59.2 Å². The second-order valence-corrected chi connectivity index (χ2v) is 10.1. The van der Waals surface area contributed by atoms with Gasteiger partial charge in [0.25, 0.3) is 0 Å². The van der Waals surface area contributed by atoms with E-state index in [1.165, 1.54) is 11.1 Å². The van der Waals surface area contributed by atoms with Crippen LogP contribution in [0.3, 0.4) is 0 Å². The first kappa shape index (κ1) is 19.3. The second-order valence-electron chi connectivity index (χ2n) is 10.1. The lowest BCUT2D eigenvalue weighted by molar-refractivity contribution is -0.949. The van der Waals surface area contributed by atoms with Gasteiger partial charge in [0, 0.05) is 38.4 Å². The molecule has 162 valence electrons. The normalized spacial score (nSPS) is 37.3. The molecule has 0 amide bonds. The highest BCUT2D eigenvalue weighted by molar-refractivity contribution is 5.90. The smallest absolute Gasteiger partial charge is 0.174 e. The third-order valence-electron chi connectivity index (χ3n) is 8.98. The molecule has 0 aromatic heterocycles. The molecule has 2 aliphatic carbocycles. The number of ketones is 1. The molecule has 2 aliphatic heterocycles. The van der Waals surface area contributed by atoms with Crippen LogP contribution in [0, 0.1) is 0 Å². The van der Waals surface area contributed by atoms with Gasteiger partial charge in [0.05, 0.1) is 25.6 Å². The zero-order chi connectivity index (χ0) is 21.4. The van der Waals surface area contributed by atoms with Crippen LogP contribution in [-0.2, 0) is 27.8 Å². The number of rotatable bonds is 4. The number of likely N-dealkylation sites (tertiary alicyclic amines) is 1. The first-order valence-corrected chi connectivity index (χ1v) is 11.4. The highest BCUT2D eigenvalue weighted by Crippen LogP contribution is 2.66. The Morgan fingerprint density at radius 2 is 2.00 bits per heavy atom. The molecule has 31 heavy (non-hydrogen) atoms. The van der Waals surface area contributed by atoms with Gasteiger partial charge in [0.2, 0.25) is 0 Å². The summed E-state index contributed by atoms with van der Waals surface area (Å²) in [5.74, 6) is 0.818. The maximum atomic E-state index is 13.1. The van der Waals surface area contributed by atoms with E-state index in [4.69, 9.17) is 9.47 Å². The molecule has 4 aliphatic rings. The number of quaternary nitrogens is 1. The Hall–Kier alpha value is -2.37. The van der Waals surface area contributed by atoms with Gasteiger partial charge < -0.3 is 19.1 Å². The van der Waals surface area contributed by atoms with Crippen LogP contribution in [0.15, 0.2) is 42.5 Å². The number of nitrogens with zero attached hydrogens (tertiary/aromatic N) is 1. The van der Waals surface area contributed by atoms with Crippen molar-refractivity contribution in [2.75, 3.05) is 27.2 Å². The SMILES string of the molecule is COC12CCC(=O)C3Oc4c(O)ccc5c4[C@@]31CC[N@+](C)(CCc1ccccc1)C2C5. The van der Waals surface area contributed by atoms with Crippen molar-refractivity contribution in [3.63, 3.8) is 0 Å². The van der Waals surface area contributed by atoms with E-state index < -0.39 is 17.1 Å². The van der Waals surface area contributed by atoms with Crippen LogP contribution in [-0.4, -0.2) is 60.4 Å². The molecule has 0 radical (unpaired) electrons. The Morgan fingerprint density at radius 1 is 1.19 bits per heavy atom. The summed E-state index contributed by atoms with van der Waals surface area (Å²) in [4.78, 5) is 13.1. The van der Waals surface area contributed by atoms with Gasteiger partial charge in [-0.15, -0.1) is 0 Å². The van der Waals surface area contributed by atoms with Crippen LogP contribution in [0.25, 0.3) is 0 Å². The average Bonchev–Trinajstić information content (AvgIpc) is 3.16. The van der Waals surface area contributed by atoms with Gasteiger partial charge in [-0.05, 0) is 23.6 Å². The number of methoxy groups -OCH3 is 1. The van der Waals surface area contributed by atoms with Crippen LogP contribution >= 0.6 is 0 Å². The van der Waals surface area contributed by atoms with Gasteiger partial charge in [0.15, 0.2) is 23.4 Å². The summed E-state index contributed by atoms with van der Waals surface area (Å²) in [5, 5.41) is 10.6. The maximum absolute atomic E-state index is 13.1. The van der Waals surface area contributed by atoms with Crippen LogP contribution in [0.2, 0.25) is 0 Å². The van der Waals surface area contributed by atoms with Crippen molar-refractivity contribution in [2.24, 2.45) is 0 Å². The average molecular weight is 421 g/mol. The number of hydrogen-bond acceptors (Lipinski definition) is 4. The van der Waals surface area contributed by atoms with Crippen molar-refractivity contribution in [1.82, 2.24) is 0 Å². The molecule has 1 saturated heterocycles. The van der Waals surface area contributed by atoms with E-state index in [2.05, 4.69) is 37.4 Å². The first-order chi connectivity index (χ1) is 15.0. The molecule has 2 aromatic rings. The van der Waals surface area contributed by atoms with Crippen molar-refractivity contribution in [1.29, 1.82) is 0 Å². The quantitative estimate of drug-likeness (QED) is 0.772. The predicted molar refractivity (Wildman–Crippen MR) is 116 cm³/mol. The maximum Gasteiger partial charge on any atom is 0.174 e. The highest BCUT2D eigenvalue weighted by Gasteiger charge is 2.77.